The average Bonchev–Trinajstić information content (AvgIpc) is 3.36. The molecule has 8 nitrogen and oxygen atoms in total. The van der Waals surface area contributed by atoms with E-state index in [0.717, 1.165) is 31.4 Å². The second-order valence-electron chi connectivity index (χ2n) is 10.2. The van der Waals surface area contributed by atoms with Gasteiger partial charge in [0.1, 0.15) is 0 Å². The van der Waals surface area contributed by atoms with Gasteiger partial charge in [0, 0.05) is 24.5 Å². The van der Waals surface area contributed by atoms with Gasteiger partial charge in [0.2, 0.25) is 5.91 Å². The molecule has 3 amide bonds. The Labute approximate surface area is 247 Å². The number of nitrogens with zero attached hydrogens (tertiary/aromatic N) is 2. The molecule has 41 heavy (non-hydrogen) atoms. The van der Waals surface area contributed by atoms with Crippen molar-refractivity contribution in [3.8, 4) is 0 Å². The Morgan fingerprint density at radius 3 is 2.46 bits per heavy atom. The maximum Gasteiger partial charge on any atom is 0.256 e. The number of aryl methyl sites for hydroxylation is 1. The fraction of sp³-hybridized carbons (Fsp3) is 0.290. The van der Waals surface area contributed by atoms with Gasteiger partial charge in [-0.05, 0) is 75.2 Å². The molecule has 10 heteroatoms. The smallest absolute Gasteiger partial charge is 0.256 e. The zero-order valence-corrected chi connectivity index (χ0v) is 25.0. The minimum atomic E-state index is -0.357. The minimum Gasteiger partial charge on any atom is -0.372 e. The van der Waals surface area contributed by atoms with Crippen molar-refractivity contribution in [3.05, 3.63) is 82.9 Å². The molecule has 2 unspecified atom stereocenters. The quantitative estimate of drug-likeness (QED) is 0.251. The summed E-state index contributed by atoms with van der Waals surface area (Å²) in [7, 11) is 0. The lowest BCUT2D eigenvalue weighted by Crippen LogP contribution is -2.48. The highest BCUT2D eigenvalue weighted by Gasteiger charge is 2.29. The molecule has 1 aliphatic rings. The zero-order chi connectivity index (χ0) is 29.1. The normalized spacial score (nSPS) is 16.9. The second kappa shape index (κ2) is 12.4. The number of amides is 3. The standard InChI is InChI=1S/C31H32N4O4S2/c1-18-8-7-11-25(21(18)4)33-28(36)17-40-31-34-26-13-12-22(14-27(26)41-31)32-29(37)23-9-5-6-10-24(23)30(38)35-15-19(2)39-20(3)16-35/h5-14,19-20H,15-17H2,1-4H3,(H,32,37)(H,33,36). The summed E-state index contributed by atoms with van der Waals surface area (Å²) in [6.45, 7) is 8.85. The lowest BCUT2D eigenvalue weighted by molar-refractivity contribution is -0.113. The monoisotopic (exact) mass is 588 g/mol. The van der Waals surface area contributed by atoms with Gasteiger partial charge in [0.05, 0.1) is 39.3 Å². The van der Waals surface area contributed by atoms with Crippen LogP contribution in [0.15, 0.2) is 65.0 Å². The van der Waals surface area contributed by atoms with Crippen molar-refractivity contribution in [3.63, 3.8) is 0 Å². The molecule has 0 radical (unpaired) electrons. The number of hydrogen-bond donors (Lipinski definition) is 2. The first kappa shape index (κ1) is 28.8. The summed E-state index contributed by atoms with van der Waals surface area (Å²) >= 11 is 2.84. The highest BCUT2D eigenvalue weighted by Crippen LogP contribution is 2.32. The number of carbonyl (C=O) groups excluding carboxylic acids is 3. The van der Waals surface area contributed by atoms with E-state index in [4.69, 9.17) is 4.74 Å². The van der Waals surface area contributed by atoms with Crippen LogP contribution in [0.1, 0.15) is 45.7 Å². The number of morpholine rings is 1. The maximum absolute atomic E-state index is 13.3. The Morgan fingerprint density at radius 2 is 1.71 bits per heavy atom. The lowest BCUT2D eigenvalue weighted by Gasteiger charge is -2.35. The van der Waals surface area contributed by atoms with E-state index in [0.29, 0.717) is 29.9 Å². The van der Waals surface area contributed by atoms with E-state index in [1.165, 1.54) is 23.1 Å². The number of benzene rings is 3. The summed E-state index contributed by atoms with van der Waals surface area (Å²) in [4.78, 5) is 45.6. The average molecular weight is 589 g/mol. The number of thioether (sulfide) groups is 1. The number of thiazole rings is 1. The zero-order valence-electron chi connectivity index (χ0n) is 23.4. The molecule has 1 aromatic heterocycles. The number of rotatable bonds is 7. The number of ether oxygens (including phenoxy) is 1. The first-order valence-corrected chi connectivity index (χ1v) is 15.2. The minimum absolute atomic E-state index is 0.0652. The van der Waals surface area contributed by atoms with Crippen LogP contribution in [-0.2, 0) is 9.53 Å². The SMILES string of the molecule is Cc1cccc(NC(=O)CSc2nc3ccc(NC(=O)c4ccccc4C(=O)N4CC(C)OC(C)C4)cc3s2)c1C. The molecule has 212 valence electrons. The topological polar surface area (TPSA) is 101 Å². The summed E-state index contributed by atoms with van der Waals surface area (Å²) in [6.07, 6.45) is -0.130. The molecule has 0 spiro atoms. The van der Waals surface area contributed by atoms with E-state index in [2.05, 4.69) is 15.6 Å². The van der Waals surface area contributed by atoms with Crippen molar-refractivity contribution in [2.24, 2.45) is 0 Å². The van der Waals surface area contributed by atoms with Crippen LogP contribution in [0.4, 0.5) is 11.4 Å². The first-order chi connectivity index (χ1) is 19.7. The molecule has 1 fully saturated rings. The molecular formula is C31H32N4O4S2. The fourth-order valence-electron chi connectivity index (χ4n) is 4.82. The van der Waals surface area contributed by atoms with Crippen molar-refractivity contribution >= 4 is 62.4 Å². The van der Waals surface area contributed by atoms with E-state index >= 15 is 0 Å². The third kappa shape index (κ3) is 6.78. The number of carbonyl (C=O) groups is 3. The van der Waals surface area contributed by atoms with Gasteiger partial charge in [0.15, 0.2) is 4.34 Å². The van der Waals surface area contributed by atoms with Crippen LogP contribution in [0.2, 0.25) is 0 Å². The Bertz CT molecular complexity index is 1610. The van der Waals surface area contributed by atoms with E-state index in [1.54, 1.807) is 35.2 Å². The number of aromatic nitrogens is 1. The molecule has 1 aliphatic heterocycles. The van der Waals surface area contributed by atoms with E-state index in [9.17, 15) is 14.4 Å². The van der Waals surface area contributed by atoms with Crippen LogP contribution < -0.4 is 10.6 Å². The molecular weight excluding hydrogens is 556 g/mol. The Kier molecular flexibility index (Phi) is 8.72. The molecule has 0 saturated carbocycles. The van der Waals surface area contributed by atoms with E-state index in [-0.39, 0.29) is 35.7 Å². The number of anilines is 2. The van der Waals surface area contributed by atoms with E-state index < -0.39 is 0 Å². The van der Waals surface area contributed by atoms with Crippen LogP contribution in [0, 0.1) is 13.8 Å². The Balaban J connectivity index is 1.24. The predicted octanol–water partition coefficient (Wildman–Crippen LogP) is 6.15. The summed E-state index contributed by atoms with van der Waals surface area (Å²) < 4.78 is 7.41. The van der Waals surface area contributed by atoms with Crippen molar-refractivity contribution in [1.82, 2.24) is 9.88 Å². The largest absolute Gasteiger partial charge is 0.372 e. The van der Waals surface area contributed by atoms with Crippen molar-refractivity contribution in [2.45, 2.75) is 44.2 Å². The summed E-state index contributed by atoms with van der Waals surface area (Å²) in [6, 6.07) is 18.2. The Hall–Kier alpha value is -3.73. The molecule has 4 aromatic rings. The fourth-order valence-corrected chi connectivity index (χ4v) is 6.73. The molecule has 5 rings (SSSR count). The highest BCUT2D eigenvalue weighted by molar-refractivity contribution is 8.01. The summed E-state index contributed by atoms with van der Waals surface area (Å²) in [5, 5.41) is 5.91. The molecule has 1 saturated heterocycles. The van der Waals surface area contributed by atoms with Gasteiger partial charge in [-0.3, -0.25) is 14.4 Å². The van der Waals surface area contributed by atoms with Crippen molar-refractivity contribution in [2.75, 3.05) is 29.5 Å². The molecule has 0 aliphatic carbocycles. The second-order valence-corrected chi connectivity index (χ2v) is 12.5. The van der Waals surface area contributed by atoms with Gasteiger partial charge >= 0.3 is 0 Å². The van der Waals surface area contributed by atoms with Crippen LogP contribution in [-0.4, -0.2) is 58.7 Å². The van der Waals surface area contributed by atoms with Crippen molar-refractivity contribution in [1.29, 1.82) is 0 Å². The van der Waals surface area contributed by atoms with Crippen LogP contribution in [0.25, 0.3) is 10.2 Å². The molecule has 2 atom stereocenters. The molecule has 2 N–H and O–H groups in total. The molecule has 0 bridgehead atoms. The summed E-state index contributed by atoms with van der Waals surface area (Å²) in [5.74, 6) is -0.392. The van der Waals surface area contributed by atoms with Gasteiger partial charge in [-0.1, -0.05) is 36.0 Å². The maximum atomic E-state index is 13.3. The summed E-state index contributed by atoms with van der Waals surface area (Å²) in [5.41, 5.74) is 5.07. The van der Waals surface area contributed by atoms with Crippen LogP contribution in [0.3, 0.4) is 0 Å². The molecule has 3 aromatic carbocycles. The third-order valence-electron chi connectivity index (χ3n) is 6.94. The first-order valence-electron chi connectivity index (χ1n) is 13.4. The van der Waals surface area contributed by atoms with Gasteiger partial charge in [-0.15, -0.1) is 11.3 Å². The third-order valence-corrected chi connectivity index (χ3v) is 9.10. The highest BCUT2D eigenvalue weighted by atomic mass is 32.2. The lowest BCUT2D eigenvalue weighted by atomic mass is 10.0. The van der Waals surface area contributed by atoms with E-state index in [1.807, 2.05) is 58.0 Å². The Morgan fingerprint density at radius 1 is 0.976 bits per heavy atom. The van der Waals surface area contributed by atoms with Crippen LogP contribution in [0.5, 0.6) is 0 Å². The van der Waals surface area contributed by atoms with Gasteiger partial charge in [-0.2, -0.15) is 0 Å². The van der Waals surface area contributed by atoms with Gasteiger partial charge < -0.3 is 20.3 Å². The van der Waals surface area contributed by atoms with Gasteiger partial charge in [-0.25, -0.2) is 4.98 Å². The number of nitrogens with one attached hydrogen (secondary N) is 2. The number of fused-ring (bicyclic) bond motifs is 1. The van der Waals surface area contributed by atoms with Crippen LogP contribution >= 0.6 is 23.1 Å². The van der Waals surface area contributed by atoms with Gasteiger partial charge in [0.25, 0.3) is 11.8 Å². The molecule has 2 heterocycles. The number of hydrogen-bond acceptors (Lipinski definition) is 7. The predicted molar refractivity (Wildman–Crippen MR) is 165 cm³/mol. The van der Waals surface area contributed by atoms with Crippen molar-refractivity contribution < 1.29 is 19.1 Å².